The number of hydrogen-bond acceptors (Lipinski definition) is 3. The molecule has 0 radical (unpaired) electrons. The van der Waals surface area contributed by atoms with Crippen molar-refractivity contribution < 1.29 is 14.0 Å². The molecule has 5 nitrogen and oxygen atoms in total. The van der Waals surface area contributed by atoms with Gasteiger partial charge in [-0.05, 0) is 28.8 Å². The molecule has 0 aliphatic carbocycles. The summed E-state index contributed by atoms with van der Waals surface area (Å²) in [5, 5.41) is 2.73. The van der Waals surface area contributed by atoms with Crippen LogP contribution >= 0.6 is 0 Å². The molecule has 3 rings (SSSR count). The van der Waals surface area contributed by atoms with E-state index in [9.17, 15) is 9.59 Å². The van der Waals surface area contributed by atoms with E-state index in [1.54, 1.807) is 25.4 Å². The summed E-state index contributed by atoms with van der Waals surface area (Å²) in [6.45, 7) is 0.330. The van der Waals surface area contributed by atoms with Gasteiger partial charge in [0, 0.05) is 7.05 Å². The lowest BCUT2D eigenvalue weighted by molar-refractivity contribution is -0.134. The lowest BCUT2D eigenvalue weighted by atomic mass is 10.0. The van der Waals surface area contributed by atoms with Crippen molar-refractivity contribution in [2.24, 2.45) is 0 Å². The third-order valence-electron chi connectivity index (χ3n) is 4.26. The number of hydrogen-bond donors (Lipinski definition) is 1. The summed E-state index contributed by atoms with van der Waals surface area (Å²) in [7, 11) is 1.63. The topological polar surface area (TPSA) is 62.6 Å². The Bertz CT molecular complexity index is 872. The van der Waals surface area contributed by atoms with Crippen LogP contribution in [0.25, 0.3) is 11.1 Å². The second kappa shape index (κ2) is 8.85. The molecule has 0 aliphatic rings. The zero-order valence-electron chi connectivity index (χ0n) is 15.2. The Morgan fingerprint density at radius 1 is 0.926 bits per heavy atom. The molecular weight excluding hydrogens is 340 g/mol. The Balaban J connectivity index is 1.49. The first-order valence-corrected chi connectivity index (χ1v) is 8.79. The quantitative estimate of drug-likeness (QED) is 0.702. The Morgan fingerprint density at radius 3 is 2.30 bits per heavy atom. The number of nitrogens with zero attached hydrogens (tertiary/aromatic N) is 1. The number of rotatable bonds is 7. The minimum Gasteiger partial charge on any atom is -0.467 e. The fraction of sp³-hybridized carbons (Fsp3) is 0.182. The van der Waals surface area contributed by atoms with Gasteiger partial charge in [0.05, 0.1) is 25.8 Å². The summed E-state index contributed by atoms with van der Waals surface area (Å²) in [4.78, 5) is 25.8. The van der Waals surface area contributed by atoms with E-state index in [2.05, 4.69) is 17.4 Å². The molecule has 0 saturated carbocycles. The summed E-state index contributed by atoms with van der Waals surface area (Å²) < 4.78 is 5.16. The molecule has 0 unspecified atom stereocenters. The zero-order chi connectivity index (χ0) is 19.1. The highest BCUT2D eigenvalue weighted by molar-refractivity contribution is 5.85. The van der Waals surface area contributed by atoms with Crippen molar-refractivity contribution in [1.29, 1.82) is 0 Å². The van der Waals surface area contributed by atoms with Crippen LogP contribution in [0.15, 0.2) is 77.4 Å². The largest absolute Gasteiger partial charge is 0.467 e. The summed E-state index contributed by atoms with van der Waals surface area (Å²) in [5.41, 5.74) is 3.17. The van der Waals surface area contributed by atoms with Crippen LogP contribution in [0, 0.1) is 0 Å². The van der Waals surface area contributed by atoms with Gasteiger partial charge in [-0.3, -0.25) is 9.59 Å². The number of furan rings is 1. The summed E-state index contributed by atoms with van der Waals surface area (Å²) in [5.74, 6) is 0.355. The average Bonchev–Trinajstić information content (AvgIpc) is 3.21. The molecule has 2 aromatic carbocycles. The van der Waals surface area contributed by atoms with E-state index < -0.39 is 0 Å². The van der Waals surface area contributed by atoms with E-state index in [-0.39, 0.29) is 24.8 Å². The predicted molar refractivity (Wildman–Crippen MR) is 104 cm³/mol. The molecule has 138 valence electrons. The molecule has 0 saturated heterocycles. The minimum atomic E-state index is -0.221. The van der Waals surface area contributed by atoms with Crippen molar-refractivity contribution in [3.63, 3.8) is 0 Å². The molecule has 0 aliphatic heterocycles. The molecule has 0 fully saturated rings. The van der Waals surface area contributed by atoms with Crippen molar-refractivity contribution in [2.45, 2.75) is 13.0 Å². The second-order valence-electron chi connectivity index (χ2n) is 6.35. The summed E-state index contributed by atoms with van der Waals surface area (Å²) in [6.07, 6.45) is 1.82. The Morgan fingerprint density at radius 2 is 1.63 bits per heavy atom. The van der Waals surface area contributed by atoms with Crippen LogP contribution in [-0.2, 0) is 22.6 Å². The molecule has 27 heavy (non-hydrogen) atoms. The van der Waals surface area contributed by atoms with Gasteiger partial charge in [-0.1, -0.05) is 54.6 Å². The molecule has 5 heteroatoms. The maximum absolute atomic E-state index is 12.4. The van der Waals surface area contributed by atoms with Crippen molar-refractivity contribution in [2.75, 3.05) is 13.6 Å². The summed E-state index contributed by atoms with van der Waals surface area (Å²) in [6, 6.07) is 21.5. The maximum Gasteiger partial charge on any atom is 0.239 e. The normalized spacial score (nSPS) is 10.4. The van der Waals surface area contributed by atoms with Crippen molar-refractivity contribution in [1.82, 2.24) is 10.2 Å². The first-order valence-electron chi connectivity index (χ1n) is 8.79. The molecule has 0 bridgehead atoms. The summed E-state index contributed by atoms with van der Waals surface area (Å²) >= 11 is 0. The van der Waals surface area contributed by atoms with E-state index in [1.807, 2.05) is 42.5 Å². The molecule has 0 spiro atoms. The molecule has 1 heterocycles. The monoisotopic (exact) mass is 362 g/mol. The molecule has 1 aromatic heterocycles. The van der Waals surface area contributed by atoms with E-state index in [1.165, 1.54) is 4.90 Å². The fourth-order valence-corrected chi connectivity index (χ4v) is 2.71. The van der Waals surface area contributed by atoms with Gasteiger partial charge in [0.2, 0.25) is 11.8 Å². The van der Waals surface area contributed by atoms with Gasteiger partial charge in [0.1, 0.15) is 5.76 Å². The van der Waals surface area contributed by atoms with E-state index in [4.69, 9.17) is 4.42 Å². The second-order valence-corrected chi connectivity index (χ2v) is 6.35. The lowest BCUT2D eigenvalue weighted by Crippen LogP contribution is -2.38. The SMILES string of the molecule is CN(CC(=O)NCc1ccco1)C(=O)Cc1ccc(-c2ccccc2)cc1. The van der Waals surface area contributed by atoms with Gasteiger partial charge >= 0.3 is 0 Å². The third-order valence-corrected chi connectivity index (χ3v) is 4.26. The maximum atomic E-state index is 12.4. The first-order chi connectivity index (χ1) is 13.1. The van der Waals surface area contributed by atoms with Crippen LogP contribution in [-0.4, -0.2) is 30.3 Å². The number of nitrogens with one attached hydrogen (secondary N) is 1. The third kappa shape index (κ3) is 5.31. The van der Waals surface area contributed by atoms with Gasteiger partial charge in [-0.2, -0.15) is 0 Å². The lowest BCUT2D eigenvalue weighted by Gasteiger charge is -2.17. The van der Waals surface area contributed by atoms with E-state index in [0.717, 1.165) is 16.7 Å². The molecule has 3 aromatic rings. The van der Waals surface area contributed by atoms with Crippen molar-refractivity contribution in [3.8, 4) is 11.1 Å². The number of carbonyl (C=O) groups excluding carboxylic acids is 2. The van der Waals surface area contributed by atoms with Crippen LogP contribution in [0.5, 0.6) is 0 Å². The number of amides is 2. The molecule has 1 N–H and O–H groups in total. The smallest absolute Gasteiger partial charge is 0.239 e. The van der Waals surface area contributed by atoms with Crippen LogP contribution in [0.4, 0.5) is 0 Å². The van der Waals surface area contributed by atoms with Crippen LogP contribution < -0.4 is 5.32 Å². The highest BCUT2D eigenvalue weighted by Crippen LogP contribution is 2.19. The number of likely N-dealkylation sites (N-methyl/N-ethyl adjacent to an activating group) is 1. The van der Waals surface area contributed by atoms with Crippen LogP contribution in [0.1, 0.15) is 11.3 Å². The Hall–Kier alpha value is -3.34. The zero-order valence-corrected chi connectivity index (χ0v) is 15.2. The Kier molecular flexibility index (Phi) is 6.05. The average molecular weight is 362 g/mol. The number of carbonyl (C=O) groups is 2. The van der Waals surface area contributed by atoms with Gasteiger partial charge in [-0.15, -0.1) is 0 Å². The van der Waals surface area contributed by atoms with E-state index in [0.29, 0.717) is 12.3 Å². The number of benzene rings is 2. The highest BCUT2D eigenvalue weighted by Gasteiger charge is 2.13. The van der Waals surface area contributed by atoms with Crippen molar-refractivity contribution in [3.05, 3.63) is 84.3 Å². The standard InChI is InChI=1S/C22H22N2O3/c1-24(16-21(25)23-15-20-8-5-13-27-20)22(26)14-17-9-11-19(12-10-17)18-6-3-2-4-7-18/h2-13H,14-16H2,1H3,(H,23,25). The van der Waals surface area contributed by atoms with Gasteiger partial charge < -0.3 is 14.6 Å². The van der Waals surface area contributed by atoms with Gasteiger partial charge in [-0.25, -0.2) is 0 Å². The Labute approximate surface area is 158 Å². The molecule has 0 atom stereocenters. The predicted octanol–water partition coefficient (Wildman–Crippen LogP) is 3.26. The van der Waals surface area contributed by atoms with E-state index >= 15 is 0 Å². The minimum absolute atomic E-state index is 0.0155. The molecule has 2 amide bonds. The van der Waals surface area contributed by atoms with Crippen molar-refractivity contribution >= 4 is 11.8 Å². The fourth-order valence-electron chi connectivity index (χ4n) is 2.71. The van der Waals surface area contributed by atoms with Crippen LogP contribution in [0.2, 0.25) is 0 Å². The van der Waals surface area contributed by atoms with Gasteiger partial charge in [0.25, 0.3) is 0 Å². The van der Waals surface area contributed by atoms with Gasteiger partial charge in [0.15, 0.2) is 0 Å². The molecular formula is C22H22N2O3. The first kappa shape index (κ1) is 18.5. The van der Waals surface area contributed by atoms with Crippen LogP contribution in [0.3, 0.4) is 0 Å². The highest BCUT2D eigenvalue weighted by atomic mass is 16.3.